The lowest BCUT2D eigenvalue weighted by molar-refractivity contribution is 0.589. The zero-order valence-corrected chi connectivity index (χ0v) is 8.58. The van der Waals surface area contributed by atoms with Gasteiger partial charge in [0.25, 0.3) is 0 Å². The van der Waals surface area contributed by atoms with E-state index < -0.39 is 0 Å². The largest absolute Gasteiger partial charge is 0.326 e. The lowest BCUT2D eigenvalue weighted by Crippen LogP contribution is -2.30. The molecule has 1 aromatic carbocycles. The van der Waals surface area contributed by atoms with Gasteiger partial charge < -0.3 is 11.5 Å². The second-order valence-corrected chi connectivity index (χ2v) is 3.85. The Labute approximate surface area is 81.1 Å². The molecule has 0 aliphatic rings. The Bertz CT molecular complexity index is 243. The summed E-state index contributed by atoms with van der Waals surface area (Å²) < 4.78 is 1.06. The van der Waals surface area contributed by atoms with E-state index in [0.29, 0.717) is 0 Å². The Balaban J connectivity index is 2.82. The number of nitrogens with two attached hydrogens (primary N) is 2. The second-order valence-electron chi connectivity index (χ2n) is 2.94. The van der Waals surface area contributed by atoms with Crippen LogP contribution in [0.25, 0.3) is 0 Å². The number of rotatable bonds is 2. The Morgan fingerprint density at radius 1 is 1.17 bits per heavy atom. The molecule has 0 spiro atoms. The molecule has 0 saturated carbocycles. The first-order chi connectivity index (χ1) is 5.61. The van der Waals surface area contributed by atoms with Crippen LogP contribution < -0.4 is 11.5 Å². The van der Waals surface area contributed by atoms with Crippen LogP contribution in [-0.2, 0) is 0 Å². The quantitative estimate of drug-likeness (QED) is 0.812. The molecule has 0 aliphatic carbocycles. The third-order valence-corrected chi connectivity index (χ3v) is 2.35. The number of benzene rings is 1. The van der Waals surface area contributed by atoms with Crippen LogP contribution in [0.4, 0.5) is 0 Å². The van der Waals surface area contributed by atoms with Gasteiger partial charge in [0.2, 0.25) is 0 Å². The molecule has 1 aromatic rings. The molecule has 66 valence electrons. The highest BCUT2D eigenvalue weighted by Crippen LogP contribution is 2.16. The molecule has 2 atom stereocenters. The van der Waals surface area contributed by atoms with Gasteiger partial charge in [-0.2, -0.15) is 0 Å². The summed E-state index contributed by atoms with van der Waals surface area (Å²) in [6.45, 7) is 1.91. The molecule has 1 rings (SSSR count). The molecule has 2 nitrogen and oxygen atoms in total. The summed E-state index contributed by atoms with van der Waals surface area (Å²) in [5.41, 5.74) is 12.6. The van der Waals surface area contributed by atoms with Crippen molar-refractivity contribution in [2.24, 2.45) is 11.5 Å². The lowest BCUT2D eigenvalue weighted by Gasteiger charge is -2.15. The second kappa shape index (κ2) is 4.03. The average molecular weight is 229 g/mol. The van der Waals surface area contributed by atoms with Crippen molar-refractivity contribution in [2.75, 3.05) is 0 Å². The summed E-state index contributed by atoms with van der Waals surface area (Å²) in [5, 5.41) is 0. The van der Waals surface area contributed by atoms with Crippen LogP contribution in [0.2, 0.25) is 0 Å². The van der Waals surface area contributed by atoms with E-state index in [9.17, 15) is 0 Å². The third-order valence-electron chi connectivity index (χ3n) is 1.82. The SMILES string of the molecule is C[C@@H](N)[C@H](N)c1ccc(Br)cc1. The van der Waals surface area contributed by atoms with Crippen molar-refractivity contribution >= 4 is 15.9 Å². The Morgan fingerprint density at radius 3 is 2.08 bits per heavy atom. The van der Waals surface area contributed by atoms with E-state index in [4.69, 9.17) is 11.5 Å². The zero-order chi connectivity index (χ0) is 9.14. The first-order valence-corrected chi connectivity index (χ1v) is 4.67. The van der Waals surface area contributed by atoms with Gasteiger partial charge in [-0.25, -0.2) is 0 Å². The maximum atomic E-state index is 5.85. The van der Waals surface area contributed by atoms with Crippen molar-refractivity contribution < 1.29 is 0 Å². The van der Waals surface area contributed by atoms with Crippen molar-refractivity contribution in [1.82, 2.24) is 0 Å². The van der Waals surface area contributed by atoms with Gasteiger partial charge in [0.1, 0.15) is 0 Å². The zero-order valence-electron chi connectivity index (χ0n) is 7.00. The summed E-state index contributed by atoms with van der Waals surface area (Å²) in [6, 6.07) is 7.83. The van der Waals surface area contributed by atoms with Crippen LogP contribution in [-0.4, -0.2) is 6.04 Å². The molecule has 3 heteroatoms. The molecule has 0 amide bonds. The van der Waals surface area contributed by atoms with Gasteiger partial charge in [-0.1, -0.05) is 28.1 Å². The van der Waals surface area contributed by atoms with Crippen molar-refractivity contribution in [1.29, 1.82) is 0 Å². The molecule has 0 bridgehead atoms. The third kappa shape index (κ3) is 2.30. The molecule has 0 fully saturated rings. The normalized spacial score (nSPS) is 15.7. The molecule has 0 saturated heterocycles. The van der Waals surface area contributed by atoms with Gasteiger partial charge >= 0.3 is 0 Å². The fourth-order valence-corrected chi connectivity index (χ4v) is 1.25. The van der Waals surface area contributed by atoms with Gasteiger partial charge in [0.15, 0.2) is 0 Å². The first kappa shape index (κ1) is 9.71. The highest BCUT2D eigenvalue weighted by molar-refractivity contribution is 9.10. The van der Waals surface area contributed by atoms with E-state index in [1.807, 2.05) is 31.2 Å². The van der Waals surface area contributed by atoms with Crippen LogP contribution in [0.3, 0.4) is 0 Å². The monoisotopic (exact) mass is 228 g/mol. The average Bonchev–Trinajstić information content (AvgIpc) is 2.04. The topological polar surface area (TPSA) is 52.0 Å². The Morgan fingerprint density at radius 2 is 1.67 bits per heavy atom. The molecule has 4 N–H and O–H groups in total. The maximum absolute atomic E-state index is 5.85. The van der Waals surface area contributed by atoms with Gasteiger partial charge in [-0.3, -0.25) is 0 Å². The van der Waals surface area contributed by atoms with E-state index in [0.717, 1.165) is 10.0 Å². The lowest BCUT2D eigenvalue weighted by atomic mass is 10.0. The van der Waals surface area contributed by atoms with E-state index >= 15 is 0 Å². The van der Waals surface area contributed by atoms with E-state index in [1.165, 1.54) is 0 Å². The molecule has 0 aliphatic heterocycles. The van der Waals surface area contributed by atoms with Crippen LogP contribution in [0.5, 0.6) is 0 Å². The first-order valence-electron chi connectivity index (χ1n) is 3.88. The van der Waals surface area contributed by atoms with Crippen LogP contribution >= 0.6 is 15.9 Å². The summed E-state index contributed by atoms with van der Waals surface area (Å²) >= 11 is 3.36. The number of hydrogen-bond acceptors (Lipinski definition) is 2. The van der Waals surface area contributed by atoms with Gasteiger partial charge in [0, 0.05) is 16.6 Å². The summed E-state index contributed by atoms with van der Waals surface area (Å²) in [7, 11) is 0. The van der Waals surface area contributed by atoms with E-state index in [2.05, 4.69) is 15.9 Å². The molecule has 12 heavy (non-hydrogen) atoms. The highest BCUT2D eigenvalue weighted by atomic mass is 79.9. The van der Waals surface area contributed by atoms with Crippen molar-refractivity contribution in [3.63, 3.8) is 0 Å². The van der Waals surface area contributed by atoms with E-state index in [-0.39, 0.29) is 12.1 Å². The van der Waals surface area contributed by atoms with Gasteiger partial charge in [-0.05, 0) is 24.6 Å². The van der Waals surface area contributed by atoms with Gasteiger partial charge in [-0.15, -0.1) is 0 Å². The minimum Gasteiger partial charge on any atom is -0.326 e. The summed E-state index contributed by atoms with van der Waals surface area (Å²) in [5.74, 6) is 0. The van der Waals surface area contributed by atoms with Crippen LogP contribution in [0.15, 0.2) is 28.7 Å². The fraction of sp³-hybridized carbons (Fsp3) is 0.333. The van der Waals surface area contributed by atoms with Crippen molar-refractivity contribution in [3.05, 3.63) is 34.3 Å². The van der Waals surface area contributed by atoms with Crippen LogP contribution in [0, 0.1) is 0 Å². The molecular weight excluding hydrogens is 216 g/mol. The van der Waals surface area contributed by atoms with Gasteiger partial charge in [0.05, 0.1) is 0 Å². The fourth-order valence-electron chi connectivity index (χ4n) is 0.989. The number of halogens is 1. The predicted molar refractivity (Wildman–Crippen MR) is 54.7 cm³/mol. The molecule has 0 aromatic heterocycles. The van der Waals surface area contributed by atoms with Crippen molar-refractivity contribution in [2.45, 2.75) is 19.0 Å². The van der Waals surface area contributed by atoms with E-state index in [1.54, 1.807) is 0 Å². The molecule has 0 radical (unpaired) electrons. The molecular formula is C9H13BrN2. The highest BCUT2D eigenvalue weighted by Gasteiger charge is 2.09. The minimum atomic E-state index is -0.0712. The summed E-state index contributed by atoms with van der Waals surface area (Å²) in [4.78, 5) is 0. The summed E-state index contributed by atoms with van der Waals surface area (Å²) in [6.07, 6.45) is 0. The molecule has 0 heterocycles. The maximum Gasteiger partial charge on any atom is 0.0445 e. The smallest absolute Gasteiger partial charge is 0.0445 e. The Kier molecular flexibility index (Phi) is 3.26. The Hall–Kier alpha value is -0.380. The standard InChI is InChI=1S/C9H13BrN2/c1-6(11)9(12)7-2-4-8(10)5-3-7/h2-6,9H,11-12H2,1H3/t6-,9+/m1/s1. The predicted octanol–water partition coefficient (Wildman–Crippen LogP) is 1.80. The number of hydrogen-bond donors (Lipinski definition) is 2. The molecule has 0 unspecified atom stereocenters. The van der Waals surface area contributed by atoms with Crippen molar-refractivity contribution in [3.8, 4) is 0 Å². The van der Waals surface area contributed by atoms with Crippen LogP contribution in [0.1, 0.15) is 18.5 Å². The minimum absolute atomic E-state index is 0.00817.